The van der Waals surface area contributed by atoms with Crippen molar-refractivity contribution in [2.75, 3.05) is 0 Å². The third-order valence-electron chi connectivity index (χ3n) is 2.52. The van der Waals surface area contributed by atoms with E-state index >= 15 is 0 Å². The molecule has 1 aromatic carbocycles. The van der Waals surface area contributed by atoms with E-state index in [1.807, 2.05) is 0 Å². The fraction of sp³-hybridized carbons (Fsp3) is 0.455. The van der Waals surface area contributed by atoms with Crippen molar-refractivity contribution in [1.82, 2.24) is 0 Å². The van der Waals surface area contributed by atoms with Gasteiger partial charge < -0.3 is 10.8 Å². The number of nitrogens with two attached hydrogens (primary N) is 1. The zero-order chi connectivity index (χ0) is 14.8. The van der Waals surface area contributed by atoms with Crippen LogP contribution in [0.2, 0.25) is 0 Å². The van der Waals surface area contributed by atoms with Crippen molar-refractivity contribution in [3.05, 3.63) is 35.4 Å². The number of hydrogen-bond acceptors (Lipinski definition) is 2. The molecule has 1 aromatic rings. The quantitative estimate of drug-likeness (QED) is 0.837. The molecule has 0 fully saturated rings. The van der Waals surface area contributed by atoms with Crippen LogP contribution in [0, 0.1) is 0 Å². The average molecular weight is 324 g/mol. The number of rotatable bonds is 3. The van der Waals surface area contributed by atoms with Crippen LogP contribution in [0.1, 0.15) is 23.7 Å². The SMILES string of the molecule is Cl.N[C@@H](C[C@H](O)c1ccccc1C(F)(F)F)C(F)(F)F. The Bertz CT molecular complexity index is 434. The number of alkyl halides is 6. The molecule has 0 saturated carbocycles. The maximum absolute atomic E-state index is 12.6. The summed E-state index contributed by atoms with van der Waals surface area (Å²) in [5.74, 6) is 0. The van der Waals surface area contributed by atoms with E-state index in [9.17, 15) is 31.4 Å². The van der Waals surface area contributed by atoms with Crippen molar-refractivity contribution in [3.8, 4) is 0 Å². The fourth-order valence-electron chi connectivity index (χ4n) is 1.55. The van der Waals surface area contributed by atoms with E-state index in [1.165, 1.54) is 6.07 Å². The van der Waals surface area contributed by atoms with Crippen molar-refractivity contribution in [1.29, 1.82) is 0 Å². The first-order chi connectivity index (χ1) is 8.53. The highest BCUT2D eigenvalue weighted by atomic mass is 35.5. The number of hydrogen-bond donors (Lipinski definition) is 2. The number of aliphatic hydroxyl groups is 1. The van der Waals surface area contributed by atoms with Crippen LogP contribution in [0.3, 0.4) is 0 Å². The average Bonchev–Trinajstić information content (AvgIpc) is 2.26. The maximum atomic E-state index is 12.6. The smallest absolute Gasteiger partial charge is 0.388 e. The van der Waals surface area contributed by atoms with Crippen LogP contribution in [-0.4, -0.2) is 17.3 Å². The molecule has 0 bridgehead atoms. The fourth-order valence-corrected chi connectivity index (χ4v) is 1.55. The van der Waals surface area contributed by atoms with E-state index in [-0.39, 0.29) is 12.4 Å². The first kappa shape index (κ1) is 19.0. The van der Waals surface area contributed by atoms with Crippen LogP contribution in [0.5, 0.6) is 0 Å². The maximum Gasteiger partial charge on any atom is 0.416 e. The topological polar surface area (TPSA) is 46.2 Å². The van der Waals surface area contributed by atoms with Gasteiger partial charge in [-0.1, -0.05) is 18.2 Å². The predicted molar refractivity (Wildman–Crippen MR) is 62.3 cm³/mol. The molecule has 9 heteroatoms. The summed E-state index contributed by atoms with van der Waals surface area (Å²) >= 11 is 0. The molecule has 2 nitrogen and oxygen atoms in total. The lowest BCUT2D eigenvalue weighted by Crippen LogP contribution is -2.38. The summed E-state index contributed by atoms with van der Waals surface area (Å²) < 4.78 is 74.5. The van der Waals surface area contributed by atoms with Gasteiger partial charge in [0.25, 0.3) is 0 Å². The Morgan fingerprint density at radius 2 is 1.55 bits per heavy atom. The van der Waals surface area contributed by atoms with E-state index < -0.39 is 42.0 Å². The molecule has 0 aliphatic carbocycles. The van der Waals surface area contributed by atoms with Crippen LogP contribution in [0.15, 0.2) is 24.3 Å². The zero-order valence-corrected chi connectivity index (χ0v) is 10.7. The molecular weight excluding hydrogens is 312 g/mol. The summed E-state index contributed by atoms with van der Waals surface area (Å²) in [5.41, 5.74) is 3.00. The lowest BCUT2D eigenvalue weighted by atomic mass is 9.97. The minimum Gasteiger partial charge on any atom is -0.388 e. The summed E-state index contributed by atoms with van der Waals surface area (Å²) in [6.45, 7) is 0. The molecule has 0 unspecified atom stereocenters. The zero-order valence-electron chi connectivity index (χ0n) is 9.87. The molecule has 1 rings (SSSR count). The van der Waals surface area contributed by atoms with Crippen molar-refractivity contribution in [2.24, 2.45) is 5.73 Å². The first-order valence-corrected chi connectivity index (χ1v) is 5.20. The second kappa shape index (κ2) is 6.64. The molecule has 3 N–H and O–H groups in total. The molecule has 0 spiro atoms. The molecule has 0 radical (unpaired) electrons. The van der Waals surface area contributed by atoms with Gasteiger partial charge in [0.05, 0.1) is 11.7 Å². The largest absolute Gasteiger partial charge is 0.416 e. The first-order valence-electron chi connectivity index (χ1n) is 5.20. The highest BCUT2D eigenvalue weighted by Gasteiger charge is 2.40. The summed E-state index contributed by atoms with van der Waals surface area (Å²) in [7, 11) is 0. The van der Waals surface area contributed by atoms with Gasteiger partial charge in [0, 0.05) is 6.42 Å². The minimum atomic E-state index is -4.77. The van der Waals surface area contributed by atoms with E-state index in [4.69, 9.17) is 5.73 Å². The van der Waals surface area contributed by atoms with Gasteiger partial charge in [-0.2, -0.15) is 26.3 Å². The Morgan fingerprint density at radius 1 is 1.05 bits per heavy atom. The molecule has 0 saturated heterocycles. The van der Waals surface area contributed by atoms with Gasteiger partial charge in [0.15, 0.2) is 0 Å². The molecule has 0 aromatic heterocycles. The van der Waals surface area contributed by atoms with E-state index in [0.717, 1.165) is 12.1 Å². The van der Waals surface area contributed by atoms with Gasteiger partial charge in [-0.05, 0) is 11.6 Å². The van der Waals surface area contributed by atoms with Gasteiger partial charge in [0.2, 0.25) is 0 Å². The summed E-state index contributed by atoms with van der Waals surface area (Å²) in [4.78, 5) is 0. The Hall–Kier alpha value is -0.990. The highest BCUT2D eigenvalue weighted by Crippen LogP contribution is 2.36. The number of aliphatic hydroxyl groups excluding tert-OH is 1. The minimum absolute atomic E-state index is 0. The lowest BCUT2D eigenvalue weighted by Gasteiger charge is -2.21. The van der Waals surface area contributed by atoms with Gasteiger partial charge in [-0.25, -0.2) is 0 Å². The molecule has 0 heterocycles. The monoisotopic (exact) mass is 323 g/mol. The molecule has 20 heavy (non-hydrogen) atoms. The van der Waals surface area contributed by atoms with Crippen molar-refractivity contribution in [3.63, 3.8) is 0 Å². The Morgan fingerprint density at radius 3 is 2.00 bits per heavy atom. The van der Waals surface area contributed by atoms with E-state index in [1.54, 1.807) is 0 Å². The third-order valence-corrected chi connectivity index (χ3v) is 2.52. The Labute approximate surface area is 117 Å². The predicted octanol–water partition coefficient (Wildman–Crippen LogP) is 3.44. The molecule has 2 atom stereocenters. The van der Waals surface area contributed by atoms with E-state index in [0.29, 0.717) is 6.07 Å². The van der Waals surface area contributed by atoms with Crippen LogP contribution in [-0.2, 0) is 6.18 Å². The molecular formula is C11H12ClF6NO. The van der Waals surface area contributed by atoms with Gasteiger partial charge in [-0.3, -0.25) is 0 Å². The highest BCUT2D eigenvalue weighted by molar-refractivity contribution is 5.85. The summed E-state index contributed by atoms with van der Waals surface area (Å²) in [6, 6.07) is 1.52. The molecule has 0 aliphatic heterocycles. The second-order valence-corrected chi connectivity index (χ2v) is 3.98. The Balaban J connectivity index is 0.00000361. The standard InChI is InChI=1S/C11H11F6NO.ClH/c12-10(13,14)7-4-2-1-3-6(7)8(19)5-9(18)11(15,16)17;/h1-4,8-9,19H,5,18H2;1H/t8-,9-;/m0./s1. The van der Waals surface area contributed by atoms with Crippen molar-refractivity contribution in [2.45, 2.75) is 30.9 Å². The molecule has 0 aliphatic rings. The lowest BCUT2D eigenvalue weighted by molar-refractivity contribution is -0.154. The second-order valence-electron chi connectivity index (χ2n) is 3.98. The van der Waals surface area contributed by atoms with Gasteiger partial charge in [-0.15, -0.1) is 12.4 Å². The molecule has 116 valence electrons. The van der Waals surface area contributed by atoms with Gasteiger partial charge >= 0.3 is 12.4 Å². The normalized spacial score (nSPS) is 15.4. The van der Waals surface area contributed by atoms with Crippen molar-refractivity contribution < 1.29 is 31.4 Å². The van der Waals surface area contributed by atoms with Crippen LogP contribution >= 0.6 is 12.4 Å². The number of benzene rings is 1. The number of halogens is 7. The molecule has 0 amide bonds. The van der Waals surface area contributed by atoms with Crippen LogP contribution in [0.4, 0.5) is 26.3 Å². The van der Waals surface area contributed by atoms with Crippen LogP contribution in [0.25, 0.3) is 0 Å². The van der Waals surface area contributed by atoms with Crippen LogP contribution < -0.4 is 5.73 Å². The summed E-state index contributed by atoms with van der Waals surface area (Å²) in [6.07, 6.45) is -12.5. The summed E-state index contributed by atoms with van der Waals surface area (Å²) in [5, 5.41) is 9.52. The van der Waals surface area contributed by atoms with E-state index in [2.05, 4.69) is 0 Å². The third kappa shape index (κ3) is 4.84. The Kier molecular flexibility index (Phi) is 6.31. The van der Waals surface area contributed by atoms with Crippen molar-refractivity contribution >= 4 is 12.4 Å². The van der Waals surface area contributed by atoms with Gasteiger partial charge in [0.1, 0.15) is 6.04 Å².